The van der Waals surface area contributed by atoms with E-state index in [0.29, 0.717) is 48.6 Å². The van der Waals surface area contributed by atoms with Crippen LogP contribution in [0, 0.1) is 16.7 Å². The molecule has 2 aromatic heterocycles. The summed E-state index contributed by atoms with van der Waals surface area (Å²) in [5.74, 6) is 0.365. The van der Waals surface area contributed by atoms with E-state index >= 15 is 0 Å². The van der Waals surface area contributed by atoms with Gasteiger partial charge in [-0.2, -0.15) is 10.4 Å². The molecule has 1 saturated heterocycles. The van der Waals surface area contributed by atoms with Gasteiger partial charge in [-0.25, -0.2) is 8.42 Å². The molecule has 1 aliphatic heterocycles. The molecule has 1 aromatic carbocycles. The molecular formula is C23H27N5O4S. The number of rotatable bonds is 6. The highest BCUT2D eigenvalue weighted by molar-refractivity contribution is 7.92. The van der Waals surface area contributed by atoms with E-state index in [0.717, 1.165) is 6.42 Å². The zero-order valence-electron chi connectivity index (χ0n) is 18.9. The van der Waals surface area contributed by atoms with Crippen LogP contribution in [0.15, 0.2) is 46.2 Å². The van der Waals surface area contributed by atoms with Gasteiger partial charge in [0.15, 0.2) is 15.7 Å². The number of anilines is 2. The fourth-order valence-electron chi connectivity index (χ4n) is 4.01. The van der Waals surface area contributed by atoms with Crippen molar-refractivity contribution < 1.29 is 13.2 Å². The number of aromatic nitrogens is 3. The molecule has 0 saturated carbocycles. The first kappa shape index (κ1) is 23.0. The SMILES string of the molecule is CC(C)(C)S(=O)(=O)c1ccc(Nc2nn(C[C@@]3(CC#N)CCOC3)c3cc[nH]c(=O)c23)cc1. The first-order valence-corrected chi connectivity index (χ1v) is 12.2. The minimum atomic E-state index is -3.47. The average molecular weight is 470 g/mol. The lowest BCUT2D eigenvalue weighted by Gasteiger charge is -2.24. The fraction of sp³-hybridized carbons (Fsp3) is 0.435. The number of ether oxygens (including phenoxy) is 1. The largest absolute Gasteiger partial charge is 0.381 e. The van der Waals surface area contributed by atoms with Crippen LogP contribution in [0.25, 0.3) is 10.9 Å². The van der Waals surface area contributed by atoms with Gasteiger partial charge in [-0.05, 0) is 57.5 Å². The van der Waals surface area contributed by atoms with Gasteiger partial charge in [-0.3, -0.25) is 9.48 Å². The highest BCUT2D eigenvalue weighted by Gasteiger charge is 2.36. The predicted molar refractivity (Wildman–Crippen MR) is 125 cm³/mol. The van der Waals surface area contributed by atoms with Crippen LogP contribution in [-0.2, 0) is 21.1 Å². The van der Waals surface area contributed by atoms with E-state index in [1.165, 1.54) is 0 Å². The third kappa shape index (κ3) is 4.26. The summed E-state index contributed by atoms with van der Waals surface area (Å²) in [6, 6.07) is 10.4. The summed E-state index contributed by atoms with van der Waals surface area (Å²) in [7, 11) is -3.47. The number of hydrogen-bond acceptors (Lipinski definition) is 7. The maximum absolute atomic E-state index is 12.7. The highest BCUT2D eigenvalue weighted by Crippen LogP contribution is 2.36. The first-order chi connectivity index (χ1) is 15.6. The molecule has 9 nitrogen and oxygen atoms in total. The standard InChI is InChI=1S/C23H27N5O4S/c1-22(2,3)33(30,31)17-6-4-16(5-7-17)26-20-19-18(8-12-25-21(19)29)28(27-20)14-23(9-11-24)10-13-32-15-23/h4-8,12H,9-10,13-15H2,1-3H3,(H,25,29)(H,26,27)/t23-/m1/s1. The van der Waals surface area contributed by atoms with Gasteiger partial charge in [0.25, 0.3) is 5.56 Å². The molecule has 33 heavy (non-hydrogen) atoms. The topological polar surface area (TPSA) is 130 Å². The summed E-state index contributed by atoms with van der Waals surface area (Å²) in [5, 5.41) is 17.5. The number of sulfone groups is 1. The zero-order chi connectivity index (χ0) is 23.9. The Bertz CT molecular complexity index is 1370. The van der Waals surface area contributed by atoms with Gasteiger partial charge >= 0.3 is 0 Å². The molecule has 1 aliphatic rings. The summed E-state index contributed by atoms with van der Waals surface area (Å²) >= 11 is 0. The molecule has 0 spiro atoms. The Balaban J connectivity index is 1.69. The molecule has 0 amide bonds. The fourth-order valence-corrected chi connectivity index (χ4v) is 5.21. The highest BCUT2D eigenvalue weighted by atomic mass is 32.2. The minimum absolute atomic E-state index is 0.230. The van der Waals surface area contributed by atoms with Crippen LogP contribution in [0.2, 0.25) is 0 Å². The van der Waals surface area contributed by atoms with Crippen molar-refractivity contribution in [2.75, 3.05) is 18.5 Å². The van der Waals surface area contributed by atoms with Gasteiger partial charge in [0.05, 0.1) is 34.4 Å². The van der Waals surface area contributed by atoms with Crippen LogP contribution in [0.5, 0.6) is 0 Å². The number of hydrogen-bond donors (Lipinski definition) is 2. The van der Waals surface area contributed by atoms with Crippen molar-refractivity contribution in [1.29, 1.82) is 5.26 Å². The van der Waals surface area contributed by atoms with E-state index in [9.17, 15) is 18.5 Å². The second-order valence-electron chi connectivity index (χ2n) is 9.48. The Hall–Kier alpha value is -3.16. The third-order valence-corrected chi connectivity index (χ3v) is 8.54. The summed E-state index contributed by atoms with van der Waals surface area (Å²) in [6.07, 6.45) is 2.66. The molecule has 3 aromatic rings. The summed E-state index contributed by atoms with van der Waals surface area (Å²) < 4.78 is 31.8. The average Bonchev–Trinajstić information content (AvgIpc) is 3.34. The smallest absolute Gasteiger partial charge is 0.261 e. The molecule has 4 rings (SSSR count). The van der Waals surface area contributed by atoms with E-state index in [1.807, 2.05) is 0 Å². The minimum Gasteiger partial charge on any atom is -0.381 e. The second-order valence-corrected chi connectivity index (χ2v) is 12.2. The number of H-pyrrole nitrogens is 1. The number of aromatic amines is 1. The molecule has 174 valence electrons. The summed E-state index contributed by atoms with van der Waals surface area (Å²) in [4.78, 5) is 15.5. The van der Waals surface area contributed by atoms with Gasteiger partial charge < -0.3 is 15.0 Å². The Morgan fingerprint density at radius 3 is 2.61 bits per heavy atom. The van der Waals surface area contributed by atoms with Crippen molar-refractivity contribution in [3.8, 4) is 6.07 Å². The van der Waals surface area contributed by atoms with E-state index in [2.05, 4.69) is 21.5 Å². The molecule has 10 heteroatoms. The van der Waals surface area contributed by atoms with Crippen molar-refractivity contribution in [2.45, 2.75) is 49.8 Å². The quantitative estimate of drug-likeness (QED) is 0.566. The normalized spacial score (nSPS) is 19.0. The van der Waals surface area contributed by atoms with E-state index < -0.39 is 14.6 Å². The van der Waals surface area contributed by atoms with Crippen LogP contribution in [0.1, 0.15) is 33.6 Å². The lowest BCUT2D eigenvalue weighted by Crippen LogP contribution is -2.27. The second kappa shape index (κ2) is 8.32. The van der Waals surface area contributed by atoms with Gasteiger partial charge in [-0.1, -0.05) is 0 Å². The van der Waals surface area contributed by atoms with E-state index in [1.54, 1.807) is 62.0 Å². The predicted octanol–water partition coefficient (Wildman–Crippen LogP) is 3.36. The lowest BCUT2D eigenvalue weighted by molar-refractivity contribution is 0.140. The zero-order valence-corrected chi connectivity index (χ0v) is 19.7. The molecular weight excluding hydrogens is 442 g/mol. The Morgan fingerprint density at radius 1 is 1.27 bits per heavy atom. The summed E-state index contributed by atoms with van der Waals surface area (Å²) in [6.45, 7) is 6.50. The summed E-state index contributed by atoms with van der Waals surface area (Å²) in [5.41, 5.74) is 0.618. The Kier molecular flexibility index (Phi) is 5.80. The van der Waals surface area contributed by atoms with Crippen molar-refractivity contribution in [3.63, 3.8) is 0 Å². The number of nitrogens with zero attached hydrogens (tertiary/aromatic N) is 3. The van der Waals surface area contributed by atoms with E-state index in [4.69, 9.17) is 4.74 Å². The molecule has 2 N–H and O–H groups in total. The molecule has 1 fully saturated rings. The third-order valence-electron chi connectivity index (χ3n) is 6.03. The number of fused-ring (bicyclic) bond motifs is 1. The lowest BCUT2D eigenvalue weighted by atomic mass is 9.84. The van der Waals surface area contributed by atoms with Gasteiger partial charge in [-0.15, -0.1) is 0 Å². The number of nitrogens with one attached hydrogen (secondary N) is 2. The van der Waals surface area contributed by atoms with Crippen LogP contribution in [0.4, 0.5) is 11.5 Å². The van der Waals surface area contributed by atoms with Crippen molar-refractivity contribution in [1.82, 2.24) is 14.8 Å². The molecule has 0 aliphatic carbocycles. The van der Waals surface area contributed by atoms with Gasteiger partial charge in [0, 0.05) is 30.3 Å². The number of pyridine rings is 1. The van der Waals surface area contributed by atoms with Crippen molar-refractivity contribution >= 4 is 32.2 Å². The maximum atomic E-state index is 12.7. The monoisotopic (exact) mass is 469 g/mol. The number of nitriles is 1. The maximum Gasteiger partial charge on any atom is 0.261 e. The van der Waals surface area contributed by atoms with Crippen LogP contribution >= 0.6 is 0 Å². The first-order valence-electron chi connectivity index (χ1n) is 10.7. The Morgan fingerprint density at radius 2 is 2.00 bits per heavy atom. The van der Waals surface area contributed by atoms with Crippen molar-refractivity contribution in [2.24, 2.45) is 5.41 Å². The van der Waals surface area contributed by atoms with E-state index in [-0.39, 0.29) is 15.9 Å². The molecule has 0 radical (unpaired) electrons. The molecule has 3 heterocycles. The van der Waals surface area contributed by atoms with Gasteiger partial charge in [0.1, 0.15) is 5.39 Å². The van der Waals surface area contributed by atoms with Crippen LogP contribution in [-0.4, -0.2) is 41.1 Å². The number of benzene rings is 1. The Labute approximate surface area is 192 Å². The molecule has 0 bridgehead atoms. The van der Waals surface area contributed by atoms with Gasteiger partial charge in [0.2, 0.25) is 0 Å². The van der Waals surface area contributed by atoms with Crippen LogP contribution < -0.4 is 10.9 Å². The molecule has 0 unspecified atom stereocenters. The molecule has 1 atom stereocenters. The van der Waals surface area contributed by atoms with Crippen LogP contribution in [0.3, 0.4) is 0 Å². The van der Waals surface area contributed by atoms with Crippen molar-refractivity contribution in [3.05, 3.63) is 46.9 Å².